The van der Waals surface area contributed by atoms with Crippen LogP contribution in [-0.2, 0) is 4.79 Å². The number of carbonyl (C=O) groups is 1. The molecule has 0 saturated heterocycles. The van der Waals surface area contributed by atoms with Gasteiger partial charge in [-0.25, -0.2) is 9.59 Å². The lowest BCUT2D eigenvalue weighted by atomic mass is 9.92. The Morgan fingerprint density at radius 3 is 1.59 bits per heavy atom. The van der Waals surface area contributed by atoms with Gasteiger partial charge in [-0.2, -0.15) is 0 Å². The van der Waals surface area contributed by atoms with Crippen LogP contribution >= 0.6 is 23.2 Å². The number of aldehydes is 1. The van der Waals surface area contributed by atoms with Crippen molar-refractivity contribution in [2.45, 2.75) is 5.92 Å². The van der Waals surface area contributed by atoms with Crippen molar-refractivity contribution >= 4 is 51.4 Å². The second-order valence-electron chi connectivity index (χ2n) is 6.20. The Balaban J connectivity index is 2.04. The van der Waals surface area contributed by atoms with E-state index in [1.54, 1.807) is 0 Å². The summed E-state index contributed by atoms with van der Waals surface area (Å²) in [4.78, 5) is 36.9. The average Bonchev–Trinajstić information content (AvgIpc) is 2.65. The molecule has 7 nitrogen and oxygen atoms in total. The first-order chi connectivity index (χ1) is 13.8. The molecule has 2 aromatic carbocycles. The summed E-state index contributed by atoms with van der Waals surface area (Å²) in [5.41, 5.74) is -3.15. The molecule has 0 saturated carbocycles. The molecule has 0 amide bonds. The van der Waals surface area contributed by atoms with Gasteiger partial charge in [-0.1, -0.05) is 23.2 Å². The number of halogens is 2. The zero-order chi connectivity index (χ0) is 20.9. The number of benzene rings is 2. The first-order valence-electron chi connectivity index (χ1n) is 8.17. The molecule has 0 spiro atoms. The van der Waals surface area contributed by atoms with Gasteiger partial charge in [0.15, 0.2) is 0 Å². The third-order valence-corrected chi connectivity index (χ3v) is 4.98. The largest absolute Gasteiger partial charge is 0.507 e. The molecule has 29 heavy (non-hydrogen) atoms. The van der Waals surface area contributed by atoms with Crippen molar-refractivity contribution in [2.75, 3.05) is 0 Å². The molecule has 0 unspecified atom stereocenters. The van der Waals surface area contributed by atoms with Gasteiger partial charge in [0, 0.05) is 22.2 Å². The zero-order valence-electron chi connectivity index (χ0n) is 14.3. The zero-order valence-corrected chi connectivity index (χ0v) is 15.8. The summed E-state index contributed by atoms with van der Waals surface area (Å²) >= 11 is 11.7. The maximum atomic E-state index is 12.5. The number of carbonyl (C=O) groups excluding carboxylic acids is 1. The van der Waals surface area contributed by atoms with E-state index in [-0.39, 0.29) is 38.3 Å². The van der Waals surface area contributed by atoms with Gasteiger partial charge in [0.25, 0.3) is 0 Å². The van der Waals surface area contributed by atoms with Crippen molar-refractivity contribution in [3.05, 3.63) is 78.4 Å². The molecule has 146 valence electrons. The predicted octanol–water partition coefficient (Wildman–Crippen LogP) is 3.95. The molecule has 4 rings (SSSR count). The van der Waals surface area contributed by atoms with E-state index in [9.17, 15) is 24.6 Å². The quantitative estimate of drug-likeness (QED) is 0.371. The summed E-state index contributed by atoms with van der Waals surface area (Å²) in [6.07, 6.45) is 0.238. The van der Waals surface area contributed by atoms with Crippen molar-refractivity contribution in [2.24, 2.45) is 0 Å². The Morgan fingerprint density at radius 2 is 1.21 bits per heavy atom. The van der Waals surface area contributed by atoms with Crippen molar-refractivity contribution in [3.8, 4) is 11.5 Å². The highest BCUT2D eigenvalue weighted by atomic mass is 35.5. The van der Waals surface area contributed by atoms with Crippen LogP contribution in [0.3, 0.4) is 0 Å². The van der Waals surface area contributed by atoms with Crippen LogP contribution in [0.15, 0.2) is 54.8 Å². The van der Waals surface area contributed by atoms with E-state index < -0.39 is 39.8 Å². The van der Waals surface area contributed by atoms with E-state index >= 15 is 0 Å². The van der Waals surface area contributed by atoms with Crippen LogP contribution in [0, 0.1) is 0 Å². The van der Waals surface area contributed by atoms with Crippen LogP contribution in [0.1, 0.15) is 17.0 Å². The molecule has 0 radical (unpaired) electrons. The molecule has 0 bridgehead atoms. The Bertz CT molecular complexity index is 1310. The van der Waals surface area contributed by atoms with Gasteiger partial charge in [0.05, 0.1) is 27.8 Å². The second-order valence-corrected chi connectivity index (χ2v) is 7.07. The fourth-order valence-corrected chi connectivity index (χ4v) is 3.50. The normalized spacial score (nSPS) is 11.4. The van der Waals surface area contributed by atoms with Crippen LogP contribution in [0.5, 0.6) is 11.5 Å². The minimum atomic E-state index is -1.64. The third kappa shape index (κ3) is 3.04. The van der Waals surface area contributed by atoms with Crippen LogP contribution < -0.4 is 11.3 Å². The summed E-state index contributed by atoms with van der Waals surface area (Å²) in [5.74, 6) is -2.78. The molecular weight excluding hydrogens is 423 g/mol. The Kier molecular flexibility index (Phi) is 4.56. The van der Waals surface area contributed by atoms with Gasteiger partial charge in [-0.05, 0) is 24.3 Å². The van der Waals surface area contributed by atoms with E-state index in [1.165, 1.54) is 36.4 Å². The highest BCUT2D eigenvalue weighted by Crippen LogP contribution is 2.38. The molecule has 2 heterocycles. The van der Waals surface area contributed by atoms with Crippen LogP contribution in [0.2, 0.25) is 10.0 Å². The minimum absolute atomic E-state index is 0.00203. The van der Waals surface area contributed by atoms with Crippen LogP contribution in [-0.4, -0.2) is 16.5 Å². The molecule has 2 aromatic heterocycles. The number of fused-ring (bicyclic) bond motifs is 2. The van der Waals surface area contributed by atoms with Gasteiger partial charge in [-0.15, -0.1) is 0 Å². The standard InChI is InChI=1S/C20H10Cl2O7/c21-8-1-3-10-13(5-8)28-19(26)15(17(10)24)12(7-23)16-18(25)11-4-2-9(22)6-14(11)29-20(16)27/h1-7,12,24-25H. The number of hydrogen-bond donors (Lipinski definition) is 2. The highest BCUT2D eigenvalue weighted by molar-refractivity contribution is 6.31. The highest BCUT2D eigenvalue weighted by Gasteiger charge is 2.30. The average molecular weight is 433 g/mol. The lowest BCUT2D eigenvalue weighted by Crippen LogP contribution is -2.21. The predicted molar refractivity (Wildman–Crippen MR) is 106 cm³/mol. The fraction of sp³-hybridized carbons (Fsp3) is 0.0500. The summed E-state index contributed by atoms with van der Waals surface area (Å²) in [6, 6.07) is 8.34. The lowest BCUT2D eigenvalue weighted by molar-refractivity contribution is -0.108. The Hall–Kier alpha value is -3.29. The molecule has 4 aromatic rings. The molecular formula is C20H10Cl2O7. The lowest BCUT2D eigenvalue weighted by Gasteiger charge is -2.14. The van der Waals surface area contributed by atoms with E-state index in [0.717, 1.165) is 0 Å². The topological polar surface area (TPSA) is 118 Å². The molecule has 2 N–H and O–H groups in total. The van der Waals surface area contributed by atoms with Crippen molar-refractivity contribution < 1.29 is 23.8 Å². The molecule has 0 aliphatic heterocycles. The monoisotopic (exact) mass is 432 g/mol. The Labute approximate surface area is 171 Å². The maximum absolute atomic E-state index is 12.5. The molecule has 0 aliphatic rings. The first kappa shape index (κ1) is 19.0. The third-order valence-electron chi connectivity index (χ3n) is 4.51. The van der Waals surface area contributed by atoms with Crippen molar-refractivity contribution in [1.29, 1.82) is 0 Å². The molecule has 0 atom stereocenters. The van der Waals surface area contributed by atoms with Gasteiger partial charge >= 0.3 is 11.3 Å². The SMILES string of the molecule is O=CC(c1c(O)c2ccc(Cl)cc2oc1=O)c1c(O)c2ccc(Cl)cc2oc1=O. The minimum Gasteiger partial charge on any atom is -0.507 e. The van der Waals surface area contributed by atoms with Crippen molar-refractivity contribution in [3.63, 3.8) is 0 Å². The molecule has 9 heteroatoms. The van der Waals surface area contributed by atoms with Crippen LogP contribution in [0.25, 0.3) is 21.9 Å². The first-order valence-corrected chi connectivity index (χ1v) is 8.93. The summed E-state index contributed by atoms with van der Waals surface area (Å²) in [7, 11) is 0. The Morgan fingerprint density at radius 1 is 0.793 bits per heavy atom. The van der Waals surface area contributed by atoms with E-state index in [4.69, 9.17) is 32.0 Å². The van der Waals surface area contributed by atoms with Gasteiger partial charge in [0.2, 0.25) is 0 Å². The summed E-state index contributed by atoms with van der Waals surface area (Å²) in [5, 5.41) is 22.0. The van der Waals surface area contributed by atoms with Gasteiger partial charge < -0.3 is 23.8 Å². The smallest absolute Gasteiger partial charge is 0.344 e. The van der Waals surface area contributed by atoms with Crippen LogP contribution in [0.4, 0.5) is 0 Å². The fourth-order valence-electron chi connectivity index (χ4n) is 3.17. The number of aromatic hydroxyl groups is 2. The van der Waals surface area contributed by atoms with E-state index in [1.807, 2.05) is 0 Å². The number of hydrogen-bond acceptors (Lipinski definition) is 7. The molecule has 0 aliphatic carbocycles. The number of rotatable bonds is 3. The summed E-state index contributed by atoms with van der Waals surface area (Å²) < 4.78 is 10.3. The maximum Gasteiger partial charge on any atom is 0.344 e. The van der Waals surface area contributed by atoms with Crippen molar-refractivity contribution in [1.82, 2.24) is 0 Å². The summed E-state index contributed by atoms with van der Waals surface area (Å²) in [6.45, 7) is 0. The van der Waals surface area contributed by atoms with Gasteiger partial charge in [0.1, 0.15) is 29.0 Å². The second kappa shape index (κ2) is 6.95. The van der Waals surface area contributed by atoms with E-state index in [0.29, 0.717) is 0 Å². The van der Waals surface area contributed by atoms with E-state index in [2.05, 4.69) is 0 Å². The van der Waals surface area contributed by atoms with Gasteiger partial charge in [-0.3, -0.25) is 0 Å². The molecule has 0 fully saturated rings.